The van der Waals surface area contributed by atoms with Gasteiger partial charge in [-0.2, -0.15) is 0 Å². The number of aliphatic hydroxyl groups excluding tert-OH is 1. The lowest BCUT2D eigenvalue weighted by Crippen LogP contribution is -2.34. The van der Waals surface area contributed by atoms with Gasteiger partial charge in [0.1, 0.15) is 0 Å². The van der Waals surface area contributed by atoms with E-state index in [4.69, 9.17) is 28.9 Å². The smallest absolute Gasteiger partial charge is 0.218 e. The second-order valence-electron chi connectivity index (χ2n) is 4.16. The summed E-state index contributed by atoms with van der Waals surface area (Å²) < 4.78 is 0. The van der Waals surface area contributed by atoms with Crippen molar-refractivity contribution in [3.8, 4) is 0 Å². The summed E-state index contributed by atoms with van der Waals surface area (Å²) in [7, 11) is 0. The van der Waals surface area contributed by atoms with Crippen LogP contribution in [0.3, 0.4) is 0 Å². The number of carbonyl (C=O) groups is 1. The highest BCUT2D eigenvalue weighted by atomic mass is 35.5. The summed E-state index contributed by atoms with van der Waals surface area (Å²) in [6.45, 7) is 2.09. The van der Waals surface area contributed by atoms with Crippen LogP contribution in [0.2, 0.25) is 10.0 Å². The van der Waals surface area contributed by atoms with Crippen molar-refractivity contribution in [3.63, 3.8) is 0 Å². The van der Waals surface area contributed by atoms with Crippen LogP contribution >= 0.6 is 23.2 Å². The third kappa shape index (κ3) is 4.82. The fraction of sp³-hybridized carbons (Fsp3) is 0.417. The first-order valence-electron chi connectivity index (χ1n) is 5.55. The number of nitrogens with two attached hydrogens (primary N) is 1. The number of carbonyl (C=O) groups excluding carboxylic acids is 1. The van der Waals surface area contributed by atoms with Gasteiger partial charge in [0.25, 0.3) is 0 Å². The van der Waals surface area contributed by atoms with Gasteiger partial charge in [-0.05, 0) is 25.1 Å². The van der Waals surface area contributed by atoms with Crippen LogP contribution < -0.4 is 11.1 Å². The Labute approximate surface area is 116 Å². The molecule has 0 radical (unpaired) electrons. The topological polar surface area (TPSA) is 75.4 Å². The SMILES string of the molecule is CC(CC(N)=O)NCC(O)c1cc(Cl)ccc1Cl. The van der Waals surface area contributed by atoms with Gasteiger partial charge in [0.2, 0.25) is 5.91 Å². The van der Waals surface area contributed by atoms with E-state index in [0.717, 1.165) is 0 Å². The van der Waals surface area contributed by atoms with Gasteiger partial charge in [0, 0.05) is 34.6 Å². The van der Waals surface area contributed by atoms with Crippen molar-refractivity contribution in [2.45, 2.75) is 25.5 Å². The lowest BCUT2D eigenvalue weighted by molar-refractivity contribution is -0.118. The second-order valence-corrected chi connectivity index (χ2v) is 5.01. The van der Waals surface area contributed by atoms with Crippen LogP contribution in [0, 0.1) is 0 Å². The molecule has 2 atom stereocenters. The first-order valence-corrected chi connectivity index (χ1v) is 6.30. The fourth-order valence-corrected chi connectivity index (χ4v) is 1.99. The van der Waals surface area contributed by atoms with E-state index in [1.54, 1.807) is 18.2 Å². The standard InChI is InChI=1S/C12H16Cl2N2O2/c1-7(4-12(15)18)16-6-11(17)9-5-8(13)2-3-10(9)14/h2-3,5,7,11,16-17H,4,6H2,1H3,(H2,15,18). The molecule has 2 unspecified atom stereocenters. The normalized spacial score (nSPS) is 14.2. The van der Waals surface area contributed by atoms with Gasteiger partial charge in [0.05, 0.1) is 6.10 Å². The molecule has 18 heavy (non-hydrogen) atoms. The molecule has 4 N–H and O–H groups in total. The predicted octanol–water partition coefficient (Wildman–Crippen LogP) is 1.88. The number of primary amides is 1. The summed E-state index contributed by atoms with van der Waals surface area (Å²) >= 11 is 11.8. The van der Waals surface area contributed by atoms with Crippen molar-refractivity contribution in [1.82, 2.24) is 5.32 Å². The van der Waals surface area contributed by atoms with Gasteiger partial charge < -0.3 is 16.2 Å². The molecule has 0 spiro atoms. The molecule has 0 aliphatic heterocycles. The number of aliphatic hydroxyl groups is 1. The maximum Gasteiger partial charge on any atom is 0.218 e. The minimum absolute atomic E-state index is 0.102. The molecule has 4 nitrogen and oxygen atoms in total. The van der Waals surface area contributed by atoms with Crippen LogP contribution in [0.25, 0.3) is 0 Å². The minimum Gasteiger partial charge on any atom is -0.387 e. The second kappa shape index (κ2) is 6.95. The average molecular weight is 291 g/mol. The zero-order chi connectivity index (χ0) is 13.7. The van der Waals surface area contributed by atoms with Crippen LogP contribution in [0.4, 0.5) is 0 Å². The molecule has 0 aliphatic rings. The van der Waals surface area contributed by atoms with Gasteiger partial charge >= 0.3 is 0 Å². The van der Waals surface area contributed by atoms with Crippen molar-refractivity contribution >= 4 is 29.1 Å². The average Bonchev–Trinajstić information content (AvgIpc) is 2.28. The summed E-state index contributed by atoms with van der Waals surface area (Å²) in [6, 6.07) is 4.81. The Kier molecular flexibility index (Phi) is 5.88. The summed E-state index contributed by atoms with van der Waals surface area (Å²) in [5, 5.41) is 14.0. The van der Waals surface area contributed by atoms with Crippen molar-refractivity contribution in [3.05, 3.63) is 33.8 Å². The van der Waals surface area contributed by atoms with E-state index >= 15 is 0 Å². The fourth-order valence-electron chi connectivity index (χ4n) is 1.57. The van der Waals surface area contributed by atoms with Gasteiger partial charge in [-0.15, -0.1) is 0 Å². The Balaban J connectivity index is 2.57. The quantitative estimate of drug-likeness (QED) is 0.749. The van der Waals surface area contributed by atoms with Crippen LogP contribution in [-0.4, -0.2) is 23.6 Å². The van der Waals surface area contributed by atoms with Gasteiger partial charge in [-0.1, -0.05) is 23.2 Å². The first kappa shape index (κ1) is 15.2. The van der Waals surface area contributed by atoms with E-state index in [2.05, 4.69) is 5.32 Å². The van der Waals surface area contributed by atoms with Crippen LogP contribution in [-0.2, 0) is 4.79 Å². The number of halogens is 2. The third-order valence-electron chi connectivity index (χ3n) is 2.48. The molecule has 1 rings (SSSR count). The Morgan fingerprint density at radius 3 is 2.78 bits per heavy atom. The number of nitrogens with one attached hydrogen (secondary N) is 1. The van der Waals surface area contributed by atoms with Crippen molar-refractivity contribution in [1.29, 1.82) is 0 Å². The van der Waals surface area contributed by atoms with E-state index in [1.165, 1.54) is 0 Å². The number of benzene rings is 1. The largest absolute Gasteiger partial charge is 0.387 e. The first-order chi connectivity index (χ1) is 8.40. The molecular formula is C12H16Cl2N2O2. The molecule has 0 saturated heterocycles. The Morgan fingerprint density at radius 1 is 1.50 bits per heavy atom. The predicted molar refractivity (Wildman–Crippen MR) is 72.7 cm³/mol. The van der Waals surface area contributed by atoms with Crippen LogP contribution in [0.5, 0.6) is 0 Å². The summed E-state index contributed by atoms with van der Waals surface area (Å²) in [4.78, 5) is 10.7. The number of hydrogen-bond acceptors (Lipinski definition) is 3. The van der Waals surface area contributed by atoms with E-state index in [1.807, 2.05) is 6.92 Å². The van der Waals surface area contributed by atoms with Gasteiger partial charge in [-0.3, -0.25) is 4.79 Å². The van der Waals surface area contributed by atoms with E-state index in [-0.39, 0.29) is 24.9 Å². The third-order valence-corrected chi connectivity index (χ3v) is 3.06. The van der Waals surface area contributed by atoms with Gasteiger partial charge in [0.15, 0.2) is 0 Å². The summed E-state index contributed by atoms with van der Waals surface area (Å²) in [5.41, 5.74) is 5.63. The Morgan fingerprint density at radius 2 is 2.17 bits per heavy atom. The monoisotopic (exact) mass is 290 g/mol. The molecule has 100 valence electrons. The molecule has 0 bridgehead atoms. The maximum absolute atomic E-state index is 10.7. The Bertz CT molecular complexity index is 427. The number of hydrogen-bond donors (Lipinski definition) is 3. The molecular weight excluding hydrogens is 275 g/mol. The van der Waals surface area contributed by atoms with Crippen molar-refractivity contribution in [2.24, 2.45) is 5.73 Å². The molecule has 6 heteroatoms. The van der Waals surface area contributed by atoms with Crippen molar-refractivity contribution < 1.29 is 9.90 Å². The minimum atomic E-state index is -0.786. The van der Waals surface area contributed by atoms with Crippen LogP contribution in [0.1, 0.15) is 25.0 Å². The van der Waals surface area contributed by atoms with E-state index < -0.39 is 6.10 Å². The van der Waals surface area contributed by atoms with E-state index in [9.17, 15) is 9.90 Å². The number of rotatable bonds is 6. The molecule has 0 fully saturated rings. The Hall–Kier alpha value is -0.810. The molecule has 0 aromatic heterocycles. The number of amides is 1. The molecule has 1 amide bonds. The van der Waals surface area contributed by atoms with Crippen LogP contribution in [0.15, 0.2) is 18.2 Å². The highest BCUT2D eigenvalue weighted by molar-refractivity contribution is 6.33. The van der Waals surface area contributed by atoms with E-state index in [0.29, 0.717) is 15.6 Å². The zero-order valence-electron chi connectivity index (χ0n) is 9.99. The lowest BCUT2D eigenvalue weighted by atomic mass is 10.1. The zero-order valence-corrected chi connectivity index (χ0v) is 11.5. The van der Waals surface area contributed by atoms with Gasteiger partial charge in [-0.25, -0.2) is 0 Å². The summed E-state index contributed by atoms with van der Waals surface area (Å²) in [5.74, 6) is -0.384. The lowest BCUT2D eigenvalue weighted by Gasteiger charge is -2.17. The summed E-state index contributed by atoms with van der Waals surface area (Å²) in [6.07, 6.45) is -0.567. The molecule has 0 heterocycles. The molecule has 1 aromatic rings. The molecule has 1 aromatic carbocycles. The molecule has 0 aliphatic carbocycles. The highest BCUT2D eigenvalue weighted by Gasteiger charge is 2.14. The molecule has 0 saturated carbocycles. The maximum atomic E-state index is 10.7. The van der Waals surface area contributed by atoms with Crippen molar-refractivity contribution in [2.75, 3.05) is 6.54 Å². The highest BCUT2D eigenvalue weighted by Crippen LogP contribution is 2.26.